The molecule has 0 aliphatic carbocycles. The first-order valence-electron chi connectivity index (χ1n) is 4.88. The van der Waals surface area contributed by atoms with Crippen LogP contribution in [-0.2, 0) is 0 Å². The van der Waals surface area contributed by atoms with Crippen LogP contribution in [0.4, 0.5) is 0 Å². The van der Waals surface area contributed by atoms with Gasteiger partial charge in [0.15, 0.2) is 0 Å². The predicted molar refractivity (Wildman–Crippen MR) is 64.3 cm³/mol. The molecule has 0 bridgehead atoms. The third kappa shape index (κ3) is 1.55. The monoisotopic (exact) mass is 229 g/mol. The number of halogens is 1. The third-order valence-electron chi connectivity index (χ3n) is 2.48. The highest BCUT2D eigenvalue weighted by Crippen LogP contribution is 2.23. The van der Waals surface area contributed by atoms with Crippen LogP contribution in [0.15, 0.2) is 42.9 Å². The van der Waals surface area contributed by atoms with Gasteiger partial charge in [-0.15, -0.1) is 0 Å². The number of benzene rings is 1. The second kappa shape index (κ2) is 3.61. The number of pyridine rings is 1. The van der Waals surface area contributed by atoms with Crippen molar-refractivity contribution in [3.8, 4) is 11.1 Å². The quantitative estimate of drug-likeness (QED) is 0.651. The molecule has 3 aromatic rings. The van der Waals surface area contributed by atoms with Gasteiger partial charge in [-0.1, -0.05) is 17.7 Å². The number of fused-ring (bicyclic) bond motifs is 1. The highest BCUT2D eigenvalue weighted by atomic mass is 35.5. The second-order valence-corrected chi connectivity index (χ2v) is 3.89. The number of aromatic amines is 1. The van der Waals surface area contributed by atoms with Crippen LogP contribution in [0.3, 0.4) is 0 Å². The fourth-order valence-electron chi connectivity index (χ4n) is 1.70. The molecule has 2 aromatic heterocycles. The largest absolute Gasteiger partial charge is 0.345 e. The molecule has 0 radical (unpaired) electrons. The Morgan fingerprint density at radius 3 is 2.75 bits per heavy atom. The van der Waals surface area contributed by atoms with E-state index in [0.717, 1.165) is 22.2 Å². The summed E-state index contributed by atoms with van der Waals surface area (Å²) in [4.78, 5) is 11.2. The summed E-state index contributed by atoms with van der Waals surface area (Å²) < 4.78 is 0. The van der Waals surface area contributed by atoms with Gasteiger partial charge in [-0.2, -0.15) is 0 Å². The molecule has 78 valence electrons. The van der Waals surface area contributed by atoms with E-state index >= 15 is 0 Å². The molecule has 0 unspecified atom stereocenters. The van der Waals surface area contributed by atoms with Gasteiger partial charge in [0.25, 0.3) is 0 Å². The Balaban J connectivity index is 2.18. The molecule has 0 aliphatic rings. The Morgan fingerprint density at radius 1 is 1.00 bits per heavy atom. The standard InChI is InChI=1S/C12H8ClN3/c13-12-6-9(3-4-14-12)8-1-2-10-11(5-8)16-7-15-10/h1-7H,(H,15,16). The van der Waals surface area contributed by atoms with Crippen molar-refractivity contribution in [1.82, 2.24) is 15.0 Å². The first-order valence-corrected chi connectivity index (χ1v) is 5.26. The van der Waals surface area contributed by atoms with E-state index in [4.69, 9.17) is 11.6 Å². The molecule has 0 atom stereocenters. The summed E-state index contributed by atoms with van der Waals surface area (Å²) in [5.41, 5.74) is 4.13. The molecule has 0 aliphatic heterocycles. The van der Waals surface area contributed by atoms with Gasteiger partial charge in [-0.3, -0.25) is 0 Å². The second-order valence-electron chi connectivity index (χ2n) is 3.50. The Morgan fingerprint density at radius 2 is 1.88 bits per heavy atom. The van der Waals surface area contributed by atoms with Crippen LogP contribution in [0.25, 0.3) is 22.2 Å². The molecule has 0 spiro atoms. The lowest BCUT2D eigenvalue weighted by Gasteiger charge is -2.01. The van der Waals surface area contributed by atoms with Crippen molar-refractivity contribution in [3.05, 3.63) is 48.0 Å². The molecule has 4 heteroatoms. The Hall–Kier alpha value is -1.87. The summed E-state index contributed by atoms with van der Waals surface area (Å²) in [7, 11) is 0. The average Bonchev–Trinajstić information content (AvgIpc) is 2.75. The molecule has 1 aromatic carbocycles. The lowest BCUT2D eigenvalue weighted by molar-refractivity contribution is 1.33. The number of nitrogens with zero attached hydrogens (tertiary/aromatic N) is 2. The van der Waals surface area contributed by atoms with Gasteiger partial charge in [-0.05, 0) is 35.4 Å². The van der Waals surface area contributed by atoms with Crippen LogP contribution < -0.4 is 0 Å². The molecule has 0 saturated heterocycles. The van der Waals surface area contributed by atoms with E-state index in [1.807, 2.05) is 30.3 Å². The number of hydrogen-bond acceptors (Lipinski definition) is 2. The van der Waals surface area contributed by atoms with Gasteiger partial charge in [0, 0.05) is 6.20 Å². The van der Waals surface area contributed by atoms with E-state index in [9.17, 15) is 0 Å². The van der Waals surface area contributed by atoms with Crippen molar-refractivity contribution in [1.29, 1.82) is 0 Å². The lowest BCUT2D eigenvalue weighted by Crippen LogP contribution is -1.80. The van der Waals surface area contributed by atoms with Crippen molar-refractivity contribution in [2.24, 2.45) is 0 Å². The zero-order valence-electron chi connectivity index (χ0n) is 8.31. The van der Waals surface area contributed by atoms with E-state index < -0.39 is 0 Å². The summed E-state index contributed by atoms with van der Waals surface area (Å²) in [6, 6.07) is 9.83. The number of nitrogens with one attached hydrogen (secondary N) is 1. The number of imidazole rings is 1. The molecule has 0 amide bonds. The summed E-state index contributed by atoms with van der Waals surface area (Å²) in [5, 5.41) is 0.502. The average molecular weight is 230 g/mol. The minimum absolute atomic E-state index is 0.502. The van der Waals surface area contributed by atoms with E-state index in [1.165, 1.54) is 0 Å². The molecule has 2 heterocycles. The van der Waals surface area contributed by atoms with E-state index in [1.54, 1.807) is 12.5 Å². The highest BCUT2D eigenvalue weighted by Gasteiger charge is 2.01. The van der Waals surface area contributed by atoms with Crippen LogP contribution >= 0.6 is 11.6 Å². The maximum Gasteiger partial charge on any atom is 0.129 e. The number of aromatic nitrogens is 3. The lowest BCUT2D eigenvalue weighted by atomic mass is 10.1. The summed E-state index contributed by atoms with van der Waals surface area (Å²) in [6.45, 7) is 0. The molecule has 16 heavy (non-hydrogen) atoms. The first kappa shape index (κ1) is 9.36. The van der Waals surface area contributed by atoms with Gasteiger partial charge in [-0.25, -0.2) is 9.97 Å². The van der Waals surface area contributed by atoms with Gasteiger partial charge in [0.1, 0.15) is 5.15 Å². The molecule has 0 fully saturated rings. The van der Waals surface area contributed by atoms with Crippen molar-refractivity contribution in [2.75, 3.05) is 0 Å². The van der Waals surface area contributed by atoms with Gasteiger partial charge >= 0.3 is 0 Å². The number of hydrogen-bond donors (Lipinski definition) is 1. The summed E-state index contributed by atoms with van der Waals surface area (Å²) in [6.07, 6.45) is 3.39. The fourth-order valence-corrected chi connectivity index (χ4v) is 1.87. The topological polar surface area (TPSA) is 41.6 Å². The van der Waals surface area contributed by atoms with Gasteiger partial charge in [0.05, 0.1) is 17.4 Å². The third-order valence-corrected chi connectivity index (χ3v) is 2.69. The van der Waals surface area contributed by atoms with Crippen molar-refractivity contribution >= 4 is 22.6 Å². The molecule has 0 saturated carbocycles. The van der Waals surface area contributed by atoms with Crippen molar-refractivity contribution in [2.45, 2.75) is 0 Å². The summed E-state index contributed by atoms with van der Waals surface area (Å²) in [5.74, 6) is 0. The van der Waals surface area contributed by atoms with Crippen LogP contribution in [0, 0.1) is 0 Å². The molecule has 3 nitrogen and oxygen atoms in total. The van der Waals surface area contributed by atoms with Crippen molar-refractivity contribution < 1.29 is 0 Å². The summed E-state index contributed by atoms with van der Waals surface area (Å²) >= 11 is 5.86. The van der Waals surface area contributed by atoms with Crippen LogP contribution in [-0.4, -0.2) is 15.0 Å². The number of rotatable bonds is 1. The maximum absolute atomic E-state index is 5.86. The fraction of sp³-hybridized carbons (Fsp3) is 0. The normalized spacial score (nSPS) is 10.8. The SMILES string of the molecule is Clc1cc(-c2ccc3nc[nH]c3c2)ccn1. The van der Waals surface area contributed by atoms with Crippen LogP contribution in [0.2, 0.25) is 5.15 Å². The predicted octanol–water partition coefficient (Wildman–Crippen LogP) is 3.28. The zero-order chi connectivity index (χ0) is 11.0. The van der Waals surface area contributed by atoms with Gasteiger partial charge in [0.2, 0.25) is 0 Å². The minimum atomic E-state index is 0.502. The van der Waals surface area contributed by atoms with E-state index in [-0.39, 0.29) is 0 Å². The highest BCUT2D eigenvalue weighted by molar-refractivity contribution is 6.29. The van der Waals surface area contributed by atoms with E-state index in [2.05, 4.69) is 15.0 Å². The van der Waals surface area contributed by atoms with Crippen LogP contribution in [0.5, 0.6) is 0 Å². The van der Waals surface area contributed by atoms with Gasteiger partial charge < -0.3 is 4.98 Å². The maximum atomic E-state index is 5.86. The molecule has 1 N–H and O–H groups in total. The first-order chi connectivity index (χ1) is 7.83. The smallest absolute Gasteiger partial charge is 0.129 e. The minimum Gasteiger partial charge on any atom is -0.345 e. The zero-order valence-corrected chi connectivity index (χ0v) is 9.07. The number of H-pyrrole nitrogens is 1. The molecule has 3 rings (SSSR count). The van der Waals surface area contributed by atoms with Crippen molar-refractivity contribution in [3.63, 3.8) is 0 Å². The van der Waals surface area contributed by atoms with Crippen LogP contribution in [0.1, 0.15) is 0 Å². The molecular weight excluding hydrogens is 222 g/mol. The molecular formula is C12H8ClN3. The van der Waals surface area contributed by atoms with E-state index in [0.29, 0.717) is 5.15 Å². The Kier molecular flexibility index (Phi) is 2.11. The Bertz CT molecular complexity index is 645. The Labute approximate surface area is 97.1 Å².